The third-order valence-corrected chi connectivity index (χ3v) is 11.4. The maximum Gasteiger partial charge on any atom is 0.250 e. The fraction of sp³-hybridized carbons (Fsp3) is 0.500. The number of benzene rings is 2. The zero-order chi connectivity index (χ0) is 36.4. The smallest absolute Gasteiger partial charge is 0.250 e. The number of rotatable bonds is 10. The Kier molecular flexibility index (Phi) is 9.35. The monoisotopic (exact) mass is 723 g/mol. The van der Waals surface area contributed by atoms with Crippen molar-refractivity contribution in [2.45, 2.75) is 102 Å². The van der Waals surface area contributed by atoms with E-state index >= 15 is 4.39 Å². The SMILES string of the molecule is CC(C)n1cnc2cc(-c3ccc4c(c3)N([C@H]3C[C@@](C)(N5CCCCC5)C3)C(=O)C4(C)C)nc(Nc3cc(C(O)NCC(F)F)c(Cl)cc3F)c21. The van der Waals surface area contributed by atoms with Gasteiger partial charge in [-0.2, -0.15) is 0 Å². The van der Waals surface area contributed by atoms with Gasteiger partial charge in [0.05, 0.1) is 40.2 Å². The quantitative estimate of drug-likeness (QED) is 0.142. The molecule has 1 saturated heterocycles. The van der Waals surface area contributed by atoms with Crippen molar-refractivity contribution in [3.05, 3.63) is 64.7 Å². The second-order valence-corrected chi connectivity index (χ2v) is 15.7. The zero-order valence-corrected chi connectivity index (χ0v) is 30.4. The number of halogens is 4. The molecule has 4 aromatic rings. The number of aliphatic hydroxyl groups is 1. The van der Waals surface area contributed by atoms with Gasteiger partial charge in [-0.25, -0.2) is 23.1 Å². The van der Waals surface area contributed by atoms with Crippen LogP contribution in [0.2, 0.25) is 5.02 Å². The van der Waals surface area contributed by atoms with Gasteiger partial charge in [-0.15, -0.1) is 0 Å². The molecular formula is C38H45ClF3N7O2. The van der Waals surface area contributed by atoms with Crippen molar-refractivity contribution in [2.24, 2.45) is 0 Å². The first-order valence-corrected chi connectivity index (χ1v) is 18.1. The molecule has 13 heteroatoms. The Labute approximate surface area is 301 Å². The molecule has 3 aliphatic rings. The second-order valence-electron chi connectivity index (χ2n) is 15.3. The zero-order valence-electron chi connectivity index (χ0n) is 29.6. The fourth-order valence-corrected chi connectivity index (χ4v) is 8.39. The number of nitrogens with zero attached hydrogens (tertiary/aromatic N) is 5. The van der Waals surface area contributed by atoms with Crippen molar-refractivity contribution in [1.29, 1.82) is 0 Å². The van der Waals surface area contributed by atoms with Crippen molar-refractivity contribution in [3.8, 4) is 11.3 Å². The van der Waals surface area contributed by atoms with E-state index in [1.807, 2.05) is 61.4 Å². The van der Waals surface area contributed by atoms with Crippen LogP contribution in [0.1, 0.15) is 90.1 Å². The van der Waals surface area contributed by atoms with Crippen molar-refractivity contribution in [1.82, 2.24) is 24.8 Å². The van der Waals surface area contributed by atoms with Gasteiger partial charge in [0.1, 0.15) is 17.6 Å². The minimum atomic E-state index is -2.70. The van der Waals surface area contributed by atoms with Crippen LogP contribution in [0.3, 0.4) is 0 Å². The number of alkyl halides is 2. The number of carbonyl (C=O) groups is 1. The summed E-state index contributed by atoms with van der Waals surface area (Å²) in [6, 6.07) is 10.3. The van der Waals surface area contributed by atoms with E-state index in [4.69, 9.17) is 16.6 Å². The molecule has 1 saturated carbocycles. The standard InChI is InChI=1S/C38H45ClF3N7O2/c1-21(2)48-20-44-30-16-28(45-34(33(30)48)46-29-14-24(26(39)15-27(29)40)35(50)43-19-32(41)42)22-9-10-25-31(13-22)49(36(51)37(25,3)4)23-17-38(5,18-23)47-11-7-6-8-12-47/h9-10,13-16,20-21,23,32,35,43,50H,6-8,11-12,17-19H2,1-5H3,(H,45,46)/t23-,35?,38+. The van der Waals surface area contributed by atoms with Crippen LogP contribution in [0.5, 0.6) is 0 Å². The van der Waals surface area contributed by atoms with E-state index in [9.17, 15) is 18.7 Å². The highest BCUT2D eigenvalue weighted by atomic mass is 35.5. The lowest BCUT2D eigenvalue weighted by atomic mass is 9.71. The van der Waals surface area contributed by atoms with Crippen LogP contribution in [-0.4, -0.2) is 68.1 Å². The van der Waals surface area contributed by atoms with Gasteiger partial charge in [-0.05, 0) is 103 Å². The number of aliphatic hydroxyl groups excluding tert-OH is 1. The molecule has 2 aromatic carbocycles. The number of hydrogen-bond acceptors (Lipinski definition) is 7. The summed E-state index contributed by atoms with van der Waals surface area (Å²) in [7, 11) is 0. The molecule has 9 nitrogen and oxygen atoms in total. The number of nitrogens with one attached hydrogen (secondary N) is 2. The molecule has 2 aliphatic heterocycles. The third kappa shape index (κ3) is 6.38. The predicted octanol–water partition coefficient (Wildman–Crippen LogP) is 8.09. The molecule has 1 amide bonds. The predicted molar refractivity (Wildman–Crippen MR) is 194 cm³/mol. The highest BCUT2D eigenvalue weighted by molar-refractivity contribution is 6.31. The molecular weight excluding hydrogens is 679 g/mol. The first kappa shape index (κ1) is 35.7. The number of hydrogen-bond donors (Lipinski definition) is 3. The van der Waals surface area contributed by atoms with Crippen molar-refractivity contribution in [2.75, 3.05) is 29.9 Å². The van der Waals surface area contributed by atoms with Crippen molar-refractivity contribution in [3.63, 3.8) is 0 Å². The summed E-state index contributed by atoms with van der Waals surface area (Å²) in [5, 5.41) is 15.8. The van der Waals surface area contributed by atoms with Gasteiger partial charge >= 0.3 is 0 Å². The maximum atomic E-state index is 15.4. The van der Waals surface area contributed by atoms with Gasteiger partial charge in [-0.3, -0.25) is 15.0 Å². The number of aromatic nitrogens is 3. The molecule has 1 atom stereocenters. The van der Waals surface area contributed by atoms with Crippen LogP contribution < -0.4 is 15.5 Å². The third-order valence-electron chi connectivity index (χ3n) is 11.0. The van der Waals surface area contributed by atoms with Crippen molar-refractivity contribution < 1.29 is 23.1 Å². The maximum absolute atomic E-state index is 15.4. The average molecular weight is 724 g/mol. The van der Waals surface area contributed by atoms with E-state index in [2.05, 4.69) is 27.4 Å². The Hall–Kier alpha value is -3.71. The highest BCUT2D eigenvalue weighted by Crippen LogP contribution is 2.50. The fourth-order valence-electron chi connectivity index (χ4n) is 8.13. The Bertz CT molecular complexity index is 1970. The molecule has 1 aliphatic carbocycles. The number of pyridine rings is 1. The summed E-state index contributed by atoms with van der Waals surface area (Å²) in [4.78, 5) is 28.3. The number of fused-ring (bicyclic) bond motifs is 2. The molecule has 1 unspecified atom stereocenters. The van der Waals surface area contributed by atoms with E-state index in [-0.39, 0.29) is 39.8 Å². The minimum Gasteiger partial charge on any atom is -0.374 e. The number of anilines is 3. The highest BCUT2D eigenvalue weighted by Gasteiger charge is 2.54. The van der Waals surface area contributed by atoms with Crippen LogP contribution in [0.4, 0.5) is 30.4 Å². The molecule has 3 N–H and O–H groups in total. The van der Waals surface area contributed by atoms with Crippen LogP contribution in [0.25, 0.3) is 22.3 Å². The summed E-state index contributed by atoms with van der Waals surface area (Å²) in [5.74, 6) is -0.311. The van der Waals surface area contributed by atoms with Crippen LogP contribution in [0.15, 0.2) is 42.7 Å². The lowest BCUT2D eigenvalue weighted by Gasteiger charge is -2.55. The number of likely N-dealkylation sites (tertiary alicyclic amines) is 1. The molecule has 0 bridgehead atoms. The molecule has 4 heterocycles. The van der Waals surface area contributed by atoms with Crippen LogP contribution in [-0.2, 0) is 10.2 Å². The van der Waals surface area contributed by atoms with E-state index in [0.717, 1.165) is 48.8 Å². The van der Waals surface area contributed by atoms with Gasteiger partial charge in [0.25, 0.3) is 6.43 Å². The Morgan fingerprint density at radius 3 is 2.47 bits per heavy atom. The average Bonchev–Trinajstić information content (AvgIpc) is 3.60. The molecule has 272 valence electrons. The molecule has 0 radical (unpaired) electrons. The molecule has 2 aromatic heterocycles. The van der Waals surface area contributed by atoms with Crippen LogP contribution >= 0.6 is 11.6 Å². The summed E-state index contributed by atoms with van der Waals surface area (Å²) >= 11 is 6.23. The van der Waals surface area contributed by atoms with Gasteiger partial charge in [0.15, 0.2) is 5.82 Å². The summed E-state index contributed by atoms with van der Waals surface area (Å²) in [6.45, 7) is 11.7. The van der Waals surface area contributed by atoms with Gasteiger partial charge < -0.3 is 19.9 Å². The summed E-state index contributed by atoms with van der Waals surface area (Å²) < 4.78 is 43.0. The minimum absolute atomic E-state index is 0.00547. The van der Waals surface area contributed by atoms with E-state index in [1.165, 1.54) is 25.3 Å². The number of carbonyl (C=O) groups excluding carboxylic acids is 1. The Balaban J connectivity index is 1.26. The molecule has 7 rings (SSSR count). The van der Waals surface area contributed by atoms with Gasteiger partial charge in [0.2, 0.25) is 5.91 Å². The number of imidazole rings is 1. The van der Waals surface area contributed by atoms with E-state index in [1.54, 1.807) is 6.33 Å². The Morgan fingerprint density at radius 1 is 1.06 bits per heavy atom. The number of amides is 1. The van der Waals surface area contributed by atoms with E-state index < -0.39 is 30.4 Å². The number of piperidine rings is 1. The Morgan fingerprint density at radius 2 is 1.78 bits per heavy atom. The normalized spacial score (nSPS) is 22.5. The van der Waals surface area contributed by atoms with Crippen molar-refractivity contribution >= 4 is 45.7 Å². The summed E-state index contributed by atoms with van der Waals surface area (Å²) in [5.41, 5.74) is 3.84. The summed E-state index contributed by atoms with van der Waals surface area (Å²) in [6.07, 6.45) is 3.01. The van der Waals surface area contributed by atoms with Crippen LogP contribution in [0, 0.1) is 5.82 Å². The molecule has 0 spiro atoms. The second kappa shape index (κ2) is 13.4. The largest absolute Gasteiger partial charge is 0.374 e. The first-order chi connectivity index (χ1) is 24.2. The van der Waals surface area contributed by atoms with Gasteiger partial charge in [-0.1, -0.05) is 30.2 Å². The lowest BCUT2D eigenvalue weighted by Crippen LogP contribution is -2.64. The molecule has 2 fully saturated rings. The topological polar surface area (TPSA) is 98.6 Å². The molecule has 51 heavy (non-hydrogen) atoms. The lowest BCUT2D eigenvalue weighted by molar-refractivity contribution is -0.123. The van der Waals surface area contributed by atoms with Gasteiger partial charge in [0, 0.05) is 34.4 Å². The first-order valence-electron chi connectivity index (χ1n) is 17.7. The van der Waals surface area contributed by atoms with E-state index in [0.29, 0.717) is 22.5 Å².